The standard InChI is InChI=1S/C28H21Cl2IN2O2/c29-21-9-5-19(6-10-21)26-27(20-7-11-22(30)12-8-20)35-25(16-18-3-13-23(31)14-4-18)28(34)33(26)24-2-1-15-32-17-24/h1-15,17,25-27H,16H2/t25-,26+,27-/m1/s1. The average Bonchev–Trinajstić information content (AvgIpc) is 2.88. The molecule has 0 spiro atoms. The number of nitrogens with zero attached hydrogens (tertiary/aromatic N) is 2. The molecule has 7 heteroatoms. The fourth-order valence-corrected chi connectivity index (χ4v) is 5.00. The fourth-order valence-electron chi connectivity index (χ4n) is 4.39. The molecule has 1 saturated heterocycles. The van der Waals surface area contributed by atoms with Crippen LogP contribution in [0.15, 0.2) is 97.3 Å². The number of ether oxygens (including phenoxy) is 1. The van der Waals surface area contributed by atoms with Crippen molar-refractivity contribution < 1.29 is 9.53 Å². The number of halogens is 3. The highest BCUT2D eigenvalue weighted by molar-refractivity contribution is 14.1. The van der Waals surface area contributed by atoms with Crippen molar-refractivity contribution in [1.82, 2.24) is 4.98 Å². The molecular formula is C28H21Cl2IN2O2. The zero-order chi connectivity index (χ0) is 24.4. The van der Waals surface area contributed by atoms with E-state index >= 15 is 0 Å². The van der Waals surface area contributed by atoms with E-state index in [0.717, 1.165) is 20.3 Å². The van der Waals surface area contributed by atoms with Crippen LogP contribution < -0.4 is 4.90 Å². The number of benzene rings is 3. The summed E-state index contributed by atoms with van der Waals surface area (Å²) in [5.74, 6) is -0.110. The first-order valence-electron chi connectivity index (χ1n) is 11.1. The molecule has 3 aromatic carbocycles. The Kier molecular flexibility index (Phi) is 7.39. The first kappa shape index (κ1) is 24.3. The average molecular weight is 615 g/mol. The monoisotopic (exact) mass is 614 g/mol. The minimum Gasteiger partial charge on any atom is -0.358 e. The molecule has 1 aromatic heterocycles. The molecule has 35 heavy (non-hydrogen) atoms. The molecule has 3 atom stereocenters. The molecule has 0 radical (unpaired) electrons. The van der Waals surface area contributed by atoms with Crippen LogP contribution >= 0.6 is 45.8 Å². The van der Waals surface area contributed by atoms with Crippen LogP contribution in [-0.2, 0) is 16.0 Å². The minimum atomic E-state index is -0.667. The number of morpholine rings is 1. The molecule has 4 nitrogen and oxygen atoms in total. The van der Waals surface area contributed by atoms with Crippen molar-refractivity contribution in [2.75, 3.05) is 4.90 Å². The predicted octanol–water partition coefficient (Wildman–Crippen LogP) is 7.45. The number of hydrogen-bond donors (Lipinski definition) is 0. The van der Waals surface area contributed by atoms with Crippen molar-refractivity contribution in [1.29, 1.82) is 0 Å². The third-order valence-electron chi connectivity index (χ3n) is 6.06. The van der Waals surface area contributed by atoms with E-state index in [2.05, 4.69) is 27.6 Å². The van der Waals surface area contributed by atoms with Crippen molar-refractivity contribution in [3.8, 4) is 0 Å². The summed E-state index contributed by atoms with van der Waals surface area (Å²) in [5.41, 5.74) is 3.60. The van der Waals surface area contributed by atoms with Gasteiger partial charge in [0.1, 0.15) is 12.2 Å². The summed E-state index contributed by atoms with van der Waals surface area (Å²) in [6.45, 7) is 0. The van der Waals surface area contributed by atoms with Gasteiger partial charge in [-0.25, -0.2) is 0 Å². The van der Waals surface area contributed by atoms with E-state index in [1.54, 1.807) is 12.4 Å². The minimum absolute atomic E-state index is 0.110. The van der Waals surface area contributed by atoms with Gasteiger partial charge in [0, 0.05) is 26.2 Å². The van der Waals surface area contributed by atoms with E-state index in [4.69, 9.17) is 27.9 Å². The van der Waals surface area contributed by atoms with Crippen LogP contribution in [0.25, 0.3) is 0 Å². The fraction of sp³-hybridized carbons (Fsp3) is 0.143. The molecule has 1 aliphatic rings. The molecular weight excluding hydrogens is 594 g/mol. The van der Waals surface area contributed by atoms with Gasteiger partial charge in [0.2, 0.25) is 0 Å². The number of rotatable bonds is 5. The topological polar surface area (TPSA) is 42.4 Å². The van der Waals surface area contributed by atoms with E-state index in [9.17, 15) is 4.79 Å². The zero-order valence-electron chi connectivity index (χ0n) is 18.5. The van der Waals surface area contributed by atoms with E-state index in [1.807, 2.05) is 89.8 Å². The summed E-state index contributed by atoms with van der Waals surface area (Å²) in [6.07, 6.45) is 2.78. The zero-order valence-corrected chi connectivity index (χ0v) is 22.2. The lowest BCUT2D eigenvalue weighted by atomic mass is 9.90. The third-order valence-corrected chi connectivity index (χ3v) is 7.28. The number of anilines is 1. The van der Waals surface area contributed by atoms with Gasteiger partial charge < -0.3 is 4.74 Å². The molecule has 4 aromatic rings. The molecule has 0 bridgehead atoms. The maximum atomic E-state index is 14.0. The second kappa shape index (κ2) is 10.7. The van der Waals surface area contributed by atoms with E-state index in [1.165, 1.54) is 0 Å². The van der Waals surface area contributed by atoms with E-state index < -0.39 is 18.2 Å². The van der Waals surface area contributed by atoms with Gasteiger partial charge in [-0.2, -0.15) is 0 Å². The van der Waals surface area contributed by atoms with E-state index in [-0.39, 0.29) is 5.91 Å². The van der Waals surface area contributed by atoms with Gasteiger partial charge in [0.15, 0.2) is 0 Å². The van der Waals surface area contributed by atoms with Gasteiger partial charge in [0.05, 0.1) is 17.9 Å². The van der Waals surface area contributed by atoms with Crippen molar-refractivity contribution in [2.45, 2.75) is 24.7 Å². The maximum absolute atomic E-state index is 14.0. The number of pyridine rings is 1. The number of hydrogen-bond acceptors (Lipinski definition) is 3. The SMILES string of the molecule is O=C1[C@@H](Cc2ccc(I)cc2)O[C@H](c2ccc(Cl)cc2)[C@H](c2ccc(Cl)cc2)N1c1cccnc1. The molecule has 2 heterocycles. The lowest BCUT2D eigenvalue weighted by Gasteiger charge is -2.44. The van der Waals surface area contributed by atoms with Crippen LogP contribution in [0.4, 0.5) is 5.69 Å². The Morgan fingerprint density at radius 3 is 2.09 bits per heavy atom. The first-order chi connectivity index (χ1) is 17.0. The summed E-state index contributed by atoms with van der Waals surface area (Å²) in [7, 11) is 0. The summed E-state index contributed by atoms with van der Waals surface area (Å²) in [6, 6.07) is 26.6. The Morgan fingerprint density at radius 2 is 1.49 bits per heavy atom. The number of amides is 1. The van der Waals surface area contributed by atoms with Gasteiger partial charge in [0.25, 0.3) is 5.91 Å². The van der Waals surface area contributed by atoms with Crippen LogP contribution in [0.3, 0.4) is 0 Å². The molecule has 0 N–H and O–H groups in total. The Morgan fingerprint density at radius 1 is 0.857 bits per heavy atom. The highest BCUT2D eigenvalue weighted by Gasteiger charge is 2.44. The molecule has 0 unspecified atom stereocenters. The predicted molar refractivity (Wildman–Crippen MR) is 148 cm³/mol. The van der Waals surface area contributed by atoms with Crippen molar-refractivity contribution in [2.24, 2.45) is 0 Å². The highest BCUT2D eigenvalue weighted by Crippen LogP contribution is 2.45. The van der Waals surface area contributed by atoms with Crippen molar-refractivity contribution >= 4 is 57.4 Å². The maximum Gasteiger partial charge on any atom is 0.257 e. The summed E-state index contributed by atoms with van der Waals surface area (Å²) in [4.78, 5) is 20.1. The van der Waals surface area contributed by atoms with Gasteiger partial charge >= 0.3 is 0 Å². The largest absolute Gasteiger partial charge is 0.358 e. The van der Waals surface area contributed by atoms with Crippen LogP contribution in [0.1, 0.15) is 28.8 Å². The van der Waals surface area contributed by atoms with Crippen LogP contribution in [-0.4, -0.2) is 17.0 Å². The molecule has 1 fully saturated rings. The van der Waals surface area contributed by atoms with E-state index in [0.29, 0.717) is 22.2 Å². The quantitative estimate of drug-likeness (QED) is 0.219. The van der Waals surface area contributed by atoms with Crippen molar-refractivity contribution in [3.05, 3.63) is 128 Å². The smallest absolute Gasteiger partial charge is 0.257 e. The first-order valence-corrected chi connectivity index (χ1v) is 13.0. The van der Waals surface area contributed by atoms with Gasteiger partial charge in [-0.15, -0.1) is 0 Å². The molecule has 1 aliphatic heterocycles. The van der Waals surface area contributed by atoms with Gasteiger partial charge in [-0.3, -0.25) is 14.7 Å². The summed E-state index contributed by atoms with van der Waals surface area (Å²) < 4.78 is 7.76. The van der Waals surface area contributed by atoms with Crippen LogP contribution in [0, 0.1) is 3.57 Å². The third kappa shape index (κ3) is 5.38. The normalized spacial score (nSPS) is 20.1. The molecule has 176 valence electrons. The van der Waals surface area contributed by atoms with Crippen molar-refractivity contribution in [3.63, 3.8) is 0 Å². The number of carbonyl (C=O) groups is 1. The molecule has 0 aliphatic carbocycles. The summed E-state index contributed by atoms with van der Waals surface area (Å²) in [5, 5.41) is 1.27. The van der Waals surface area contributed by atoms with Gasteiger partial charge in [-0.1, -0.05) is 59.6 Å². The van der Waals surface area contributed by atoms with Gasteiger partial charge in [-0.05, 0) is 87.8 Å². The number of aromatic nitrogens is 1. The Balaban J connectivity index is 1.63. The summed E-state index contributed by atoms with van der Waals surface area (Å²) >= 11 is 14.7. The molecule has 5 rings (SSSR count). The lowest BCUT2D eigenvalue weighted by Crippen LogP contribution is -2.51. The second-order valence-electron chi connectivity index (χ2n) is 8.34. The molecule has 0 saturated carbocycles. The number of carbonyl (C=O) groups excluding carboxylic acids is 1. The second-order valence-corrected chi connectivity index (χ2v) is 10.5. The van der Waals surface area contributed by atoms with Crippen LogP contribution in [0.5, 0.6) is 0 Å². The van der Waals surface area contributed by atoms with Crippen LogP contribution in [0.2, 0.25) is 10.0 Å². The lowest BCUT2D eigenvalue weighted by molar-refractivity contribution is -0.145. The Hall–Kier alpha value is -2.45. The Labute approximate surface area is 228 Å². The Bertz CT molecular complexity index is 1300. The highest BCUT2D eigenvalue weighted by atomic mass is 127. The molecule has 1 amide bonds.